The summed E-state index contributed by atoms with van der Waals surface area (Å²) in [6.45, 7) is 7.54. The van der Waals surface area contributed by atoms with Crippen molar-refractivity contribution in [1.29, 1.82) is 0 Å². The summed E-state index contributed by atoms with van der Waals surface area (Å²) >= 11 is 1.65. The number of carbonyl (C=O) groups excluding carboxylic acids is 3. The number of nitrogens with zero attached hydrogens (tertiary/aromatic N) is 1. The Hall–Kier alpha value is -1.28. The van der Waals surface area contributed by atoms with Crippen molar-refractivity contribution >= 4 is 29.5 Å². The number of rotatable bonds is 6. The predicted molar refractivity (Wildman–Crippen MR) is 104 cm³/mol. The number of thioether (sulfide) groups is 1. The van der Waals surface area contributed by atoms with Crippen LogP contribution in [0.15, 0.2) is 0 Å². The number of aliphatic hydroxyl groups excluding tert-OH is 1. The highest BCUT2D eigenvalue weighted by atomic mass is 32.2. The van der Waals surface area contributed by atoms with Gasteiger partial charge < -0.3 is 20.6 Å². The van der Waals surface area contributed by atoms with E-state index in [1.54, 1.807) is 23.7 Å². The molecule has 0 aromatic heterocycles. The van der Waals surface area contributed by atoms with Gasteiger partial charge in [0, 0.05) is 17.8 Å². The van der Waals surface area contributed by atoms with E-state index in [1.807, 2.05) is 27.7 Å². The molecule has 8 heteroatoms. The highest BCUT2D eigenvalue weighted by Crippen LogP contribution is 2.71. The lowest BCUT2D eigenvalue weighted by molar-refractivity contribution is -0.143. The van der Waals surface area contributed by atoms with Crippen LogP contribution in [0, 0.1) is 11.8 Å². The Bertz CT molecular complexity index is 653. The molecule has 0 aliphatic carbocycles. The lowest BCUT2D eigenvalue weighted by atomic mass is 9.66. The molecule has 0 saturated carbocycles. The minimum absolute atomic E-state index is 0.0481. The molecule has 2 unspecified atom stereocenters. The Kier molecular flexibility index (Phi) is 5.27. The zero-order valence-corrected chi connectivity index (χ0v) is 17.6. The molecule has 3 N–H and O–H groups in total. The summed E-state index contributed by atoms with van der Waals surface area (Å²) in [4.78, 5) is 41.1. The summed E-state index contributed by atoms with van der Waals surface area (Å²) in [6.07, 6.45) is 2.09. The summed E-state index contributed by atoms with van der Waals surface area (Å²) in [5.41, 5.74) is 0. The first-order chi connectivity index (χ1) is 12.7. The second kappa shape index (κ2) is 6.95. The van der Waals surface area contributed by atoms with Gasteiger partial charge in [0.1, 0.15) is 6.04 Å². The third-order valence-electron chi connectivity index (χ3n) is 6.50. The van der Waals surface area contributed by atoms with Crippen LogP contribution in [0.25, 0.3) is 0 Å². The predicted octanol–water partition coefficient (Wildman–Crippen LogP) is 0.509. The third-order valence-corrected chi connectivity index (χ3v) is 8.48. The van der Waals surface area contributed by atoms with Crippen molar-refractivity contribution in [3.05, 3.63) is 0 Å². The van der Waals surface area contributed by atoms with Crippen LogP contribution in [0.5, 0.6) is 0 Å². The Morgan fingerprint density at radius 2 is 2.00 bits per heavy atom. The zero-order valence-electron chi connectivity index (χ0n) is 16.7. The van der Waals surface area contributed by atoms with Crippen molar-refractivity contribution in [2.24, 2.45) is 11.8 Å². The minimum atomic E-state index is -0.656. The molecule has 3 heterocycles. The molecule has 152 valence electrons. The molecule has 0 aromatic rings. The van der Waals surface area contributed by atoms with E-state index in [-0.39, 0.29) is 35.1 Å². The Labute approximate surface area is 165 Å². The van der Waals surface area contributed by atoms with Gasteiger partial charge in [0.25, 0.3) is 0 Å². The average Bonchev–Trinajstić information content (AvgIpc) is 3.16. The normalized spacial score (nSPS) is 38.3. The molecule has 27 heavy (non-hydrogen) atoms. The number of fused-ring (bicyclic) bond motifs is 1. The van der Waals surface area contributed by atoms with E-state index in [0.29, 0.717) is 6.42 Å². The van der Waals surface area contributed by atoms with Crippen LogP contribution in [0.1, 0.15) is 47.0 Å². The largest absolute Gasteiger partial charge is 0.394 e. The molecule has 7 nitrogen and oxygen atoms in total. The number of amides is 3. The molecular formula is C19H31N3O4S. The van der Waals surface area contributed by atoms with E-state index in [2.05, 4.69) is 10.6 Å². The number of likely N-dealkylation sites (tertiary alicyclic amines) is 1. The van der Waals surface area contributed by atoms with Crippen LogP contribution >= 0.6 is 11.8 Å². The van der Waals surface area contributed by atoms with Gasteiger partial charge in [0.15, 0.2) is 0 Å². The standard InChI is InChI=1S/C19H31N3O4S/c1-6-11(9-23)22-14(16(25)21-10(2)3)19-8-7-18(4,27-19)12(15(24)20-5)13(19)17(22)26/h10-14,23H,6-9H2,1-5H3,(H,20,24)(H,21,25)/t11-,12-,13-,14?,18+,19?/m0/s1. The smallest absolute Gasteiger partial charge is 0.244 e. The van der Waals surface area contributed by atoms with Crippen LogP contribution in [0.3, 0.4) is 0 Å². The van der Waals surface area contributed by atoms with Crippen LogP contribution in [-0.2, 0) is 14.4 Å². The Balaban J connectivity index is 2.11. The van der Waals surface area contributed by atoms with Crippen molar-refractivity contribution in [3.8, 4) is 0 Å². The topological polar surface area (TPSA) is 98.7 Å². The van der Waals surface area contributed by atoms with Gasteiger partial charge in [-0.3, -0.25) is 14.4 Å². The lowest BCUT2D eigenvalue weighted by Gasteiger charge is -2.37. The molecule has 3 saturated heterocycles. The van der Waals surface area contributed by atoms with Crippen LogP contribution in [-0.4, -0.2) is 69.0 Å². The fourth-order valence-corrected chi connectivity index (χ4v) is 7.73. The van der Waals surface area contributed by atoms with E-state index in [4.69, 9.17) is 0 Å². The van der Waals surface area contributed by atoms with Gasteiger partial charge in [-0.15, -0.1) is 11.8 Å². The summed E-state index contributed by atoms with van der Waals surface area (Å²) in [7, 11) is 1.59. The molecule has 3 amide bonds. The van der Waals surface area contributed by atoms with Gasteiger partial charge in [-0.2, -0.15) is 0 Å². The monoisotopic (exact) mass is 397 g/mol. The van der Waals surface area contributed by atoms with Crippen LogP contribution < -0.4 is 10.6 Å². The highest BCUT2D eigenvalue weighted by Gasteiger charge is 2.77. The number of hydrogen-bond acceptors (Lipinski definition) is 5. The molecule has 0 aromatic carbocycles. The van der Waals surface area contributed by atoms with E-state index in [1.165, 1.54) is 0 Å². The second-order valence-corrected chi connectivity index (χ2v) is 10.4. The van der Waals surface area contributed by atoms with E-state index in [0.717, 1.165) is 12.8 Å². The SMILES string of the molecule is CC[C@@H](CO)N1C(=O)[C@@H]2[C@@H](C(=O)NC)[C@@]3(C)CCC2(S3)C1C(=O)NC(C)C. The third kappa shape index (κ3) is 2.78. The first kappa shape index (κ1) is 20.5. The lowest BCUT2D eigenvalue weighted by Crippen LogP contribution is -2.57. The van der Waals surface area contributed by atoms with Crippen molar-refractivity contribution in [3.63, 3.8) is 0 Å². The Morgan fingerprint density at radius 1 is 1.33 bits per heavy atom. The average molecular weight is 398 g/mol. The Morgan fingerprint density at radius 3 is 2.52 bits per heavy atom. The molecule has 0 radical (unpaired) electrons. The van der Waals surface area contributed by atoms with Crippen molar-refractivity contribution < 1.29 is 19.5 Å². The molecule has 3 aliphatic heterocycles. The maximum atomic E-state index is 13.5. The first-order valence-corrected chi connectivity index (χ1v) is 10.6. The molecule has 6 atom stereocenters. The van der Waals surface area contributed by atoms with E-state index in [9.17, 15) is 19.5 Å². The van der Waals surface area contributed by atoms with Crippen molar-refractivity contribution in [1.82, 2.24) is 15.5 Å². The number of carbonyl (C=O) groups is 3. The van der Waals surface area contributed by atoms with Crippen LogP contribution in [0.2, 0.25) is 0 Å². The minimum Gasteiger partial charge on any atom is -0.394 e. The molecule has 3 fully saturated rings. The van der Waals surface area contributed by atoms with Gasteiger partial charge in [0.2, 0.25) is 17.7 Å². The number of nitrogens with one attached hydrogen (secondary N) is 2. The maximum Gasteiger partial charge on any atom is 0.244 e. The van der Waals surface area contributed by atoms with Gasteiger partial charge in [-0.25, -0.2) is 0 Å². The van der Waals surface area contributed by atoms with E-state index < -0.39 is 28.7 Å². The van der Waals surface area contributed by atoms with Crippen molar-refractivity contribution in [2.45, 2.75) is 74.6 Å². The molecular weight excluding hydrogens is 366 g/mol. The summed E-state index contributed by atoms with van der Waals surface area (Å²) in [6, 6.07) is -1.12. The molecule has 1 spiro atoms. The summed E-state index contributed by atoms with van der Waals surface area (Å²) in [5.74, 6) is -1.45. The molecule has 3 rings (SSSR count). The second-order valence-electron chi connectivity index (χ2n) is 8.50. The highest BCUT2D eigenvalue weighted by molar-refractivity contribution is 8.02. The maximum absolute atomic E-state index is 13.5. The van der Waals surface area contributed by atoms with Crippen molar-refractivity contribution in [2.75, 3.05) is 13.7 Å². The fraction of sp³-hybridized carbons (Fsp3) is 0.842. The zero-order chi connectivity index (χ0) is 20.1. The molecule has 3 aliphatic rings. The molecule has 2 bridgehead atoms. The van der Waals surface area contributed by atoms with E-state index >= 15 is 0 Å². The first-order valence-electron chi connectivity index (χ1n) is 9.82. The number of aliphatic hydroxyl groups is 1. The van der Waals surface area contributed by atoms with Gasteiger partial charge in [0.05, 0.1) is 29.2 Å². The quantitative estimate of drug-likeness (QED) is 0.607. The fourth-order valence-electron chi connectivity index (χ4n) is 5.39. The van der Waals surface area contributed by atoms with Gasteiger partial charge in [-0.05, 0) is 40.0 Å². The van der Waals surface area contributed by atoms with Gasteiger partial charge in [-0.1, -0.05) is 6.92 Å². The number of hydrogen-bond donors (Lipinski definition) is 3. The summed E-state index contributed by atoms with van der Waals surface area (Å²) in [5, 5.41) is 15.6. The summed E-state index contributed by atoms with van der Waals surface area (Å²) < 4.78 is -0.950. The van der Waals surface area contributed by atoms with Gasteiger partial charge >= 0.3 is 0 Å². The van der Waals surface area contributed by atoms with Crippen LogP contribution in [0.4, 0.5) is 0 Å².